The lowest BCUT2D eigenvalue weighted by atomic mass is 10.1. The first-order chi connectivity index (χ1) is 13.3. The molecule has 10 heteroatoms. The molecule has 9 nitrogen and oxygen atoms in total. The van der Waals surface area contributed by atoms with Crippen molar-refractivity contribution in [2.45, 2.75) is 25.0 Å². The van der Waals surface area contributed by atoms with Crippen molar-refractivity contribution in [3.63, 3.8) is 0 Å². The van der Waals surface area contributed by atoms with E-state index in [9.17, 15) is 4.48 Å². The van der Waals surface area contributed by atoms with E-state index in [1.54, 1.807) is 16.2 Å². The highest BCUT2D eigenvalue weighted by Gasteiger charge is 2.44. The molecule has 1 aromatic carbocycles. The largest absolute Gasteiger partial charge is 0.309 e. The Labute approximate surface area is 154 Å². The number of anilines is 1. The predicted octanol–water partition coefficient (Wildman–Crippen LogP) is 1.37. The van der Waals surface area contributed by atoms with Crippen LogP contribution in [0.25, 0.3) is 0 Å². The van der Waals surface area contributed by atoms with E-state index >= 15 is 0 Å². The Kier molecular flexibility index (Phi) is 3.01. The Bertz CT molecular complexity index is 947. The molecule has 27 heavy (non-hydrogen) atoms. The molecule has 138 valence electrons. The van der Waals surface area contributed by atoms with Gasteiger partial charge in [0.2, 0.25) is 0 Å². The second-order valence-corrected chi connectivity index (χ2v) is 7.03. The van der Waals surface area contributed by atoms with Gasteiger partial charge >= 0.3 is 0 Å². The van der Waals surface area contributed by atoms with Gasteiger partial charge in [0.15, 0.2) is 12.0 Å². The van der Waals surface area contributed by atoms with Gasteiger partial charge in [-0.15, -0.1) is 9.89 Å². The number of aliphatic imine (C=N–C) groups is 1. The molecule has 1 fully saturated rings. The van der Waals surface area contributed by atoms with Gasteiger partial charge in [-0.1, -0.05) is 22.7 Å². The number of nitrogens with zero attached hydrogens (tertiary/aromatic N) is 8. The predicted molar refractivity (Wildman–Crippen MR) is 96.1 cm³/mol. The Morgan fingerprint density at radius 3 is 3.04 bits per heavy atom. The van der Waals surface area contributed by atoms with Crippen LogP contribution in [0.4, 0.5) is 10.2 Å². The lowest BCUT2D eigenvalue weighted by molar-refractivity contribution is 0.104. The molecule has 2 unspecified atom stereocenters. The molecule has 1 N–H and O–H groups in total. The van der Waals surface area contributed by atoms with Crippen LogP contribution >= 0.6 is 0 Å². The number of para-hydroxylation sites is 1. The third-order valence-corrected chi connectivity index (χ3v) is 5.44. The fraction of sp³-hybridized carbons (Fsp3) is 0.353. The summed E-state index contributed by atoms with van der Waals surface area (Å²) in [7, 11) is 0. The first kappa shape index (κ1) is 15.0. The van der Waals surface area contributed by atoms with Crippen LogP contribution in [-0.2, 0) is 0 Å². The van der Waals surface area contributed by atoms with Crippen molar-refractivity contribution < 1.29 is 4.48 Å². The highest BCUT2D eigenvalue weighted by molar-refractivity contribution is 5.73. The number of hydrazine groups is 1. The number of aromatic nitrogens is 3. The van der Waals surface area contributed by atoms with Crippen molar-refractivity contribution >= 4 is 12.0 Å². The molecule has 4 aliphatic rings. The topological polar surface area (TPSA) is 68.1 Å². The van der Waals surface area contributed by atoms with E-state index in [0.29, 0.717) is 5.12 Å². The summed E-state index contributed by atoms with van der Waals surface area (Å²) < 4.78 is 14.1. The molecule has 0 aliphatic carbocycles. The number of halogens is 1. The number of rotatable bonds is 2. The molecular formula is C17H18FN9. The van der Waals surface area contributed by atoms with Gasteiger partial charge in [-0.05, 0) is 30.7 Å². The van der Waals surface area contributed by atoms with E-state index in [4.69, 9.17) is 0 Å². The lowest BCUT2D eigenvalue weighted by Gasteiger charge is -2.41. The molecule has 0 radical (unpaired) electrons. The fourth-order valence-electron chi connectivity index (χ4n) is 4.19. The SMILES string of the molecule is FN1C=C2N(C1)c1ccccc1C1N=CN(n3cc(C4CCCN4)nn3)N21. The van der Waals surface area contributed by atoms with Gasteiger partial charge in [-0.25, -0.2) is 10.0 Å². The van der Waals surface area contributed by atoms with E-state index < -0.39 is 0 Å². The number of nitrogens with one attached hydrogen (secondary N) is 1. The minimum Gasteiger partial charge on any atom is -0.309 e. The fourth-order valence-corrected chi connectivity index (χ4v) is 4.19. The van der Waals surface area contributed by atoms with Gasteiger partial charge in [-0.3, -0.25) is 0 Å². The third kappa shape index (κ3) is 2.10. The molecule has 2 aromatic rings. The first-order valence-electron chi connectivity index (χ1n) is 9.08. The molecule has 0 bridgehead atoms. The van der Waals surface area contributed by atoms with Gasteiger partial charge < -0.3 is 10.2 Å². The standard InChI is InChI=1S/C17H18FN9/c18-23-9-16-24(11-23)15-6-2-1-4-12(15)17-20-10-26(27(16)17)25-8-14(21-22-25)13-5-3-7-19-13/h1-2,4,6,8-10,13,17,19H,3,5,7,11H2. The Morgan fingerprint density at radius 1 is 1.22 bits per heavy atom. The third-order valence-electron chi connectivity index (χ3n) is 5.44. The Morgan fingerprint density at radius 2 is 2.15 bits per heavy atom. The number of fused-ring (bicyclic) bond motifs is 6. The Balaban J connectivity index is 1.40. The molecule has 0 spiro atoms. The zero-order chi connectivity index (χ0) is 18.0. The van der Waals surface area contributed by atoms with Gasteiger partial charge in [0.1, 0.15) is 18.7 Å². The lowest BCUT2D eigenvalue weighted by Crippen LogP contribution is -2.51. The van der Waals surface area contributed by atoms with Crippen LogP contribution in [0.2, 0.25) is 0 Å². The summed E-state index contributed by atoms with van der Waals surface area (Å²) in [5.41, 5.74) is 2.91. The van der Waals surface area contributed by atoms with Crippen molar-refractivity contribution in [2.24, 2.45) is 4.99 Å². The second kappa shape index (κ2) is 5.43. The van der Waals surface area contributed by atoms with Crippen LogP contribution in [0.5, 0.6) is 0 Å². The van der Waals surface area contributed by atoms with Crippen LogP contribution in [0.3, 0.4) is 0 Å². The van der Waals surface area contributed by atoms with Crippen molar-refractivity contribution in [1.29, 1.82) is 0 Å². The smallest absolute Gasteiger partial charge is 0.173 e. The highest BCUT2D eigenvalue weighted by Crippen LogP contribution is 2.45. The van der Waals surface area contributed by atoms with Crippen LogP contribution in [-0.4, -0.2) is 44.8 Å². The summed E-state index contributed by atoms with van der Waals surface area (Å²) in [6.45, 7) is 1.15. The zero-order valence-corrected chi connectivity index (χ0v) is 14.5. The normalized spacial score (nSPS) is 25.7. The average Bonchev–Trinajstić information content (AvgIpc) is 3.44. The maximum Gasteiger partial charge on any atom is 0.173 e. The van der Waals surface area contributed by atoms with Gasteiger partial charge in [0.05, 0.1) is 24.1 Å². The molecule has 1 aromatic heterocycles. The summed E-state index contributed by atoms with van der Waals surface area (Å²) in [5.74, 6) is 0.717. The van der Waals surface area contributed by atoms with Gasteiger partial charge in [0, 0.05) is 5.56 Å². The maximum atomic E-state index is 14.1. The highest BCUT2D eigenvalue weighted by atomic mass is 19.2. The van der Waals surface area contributed by atoms with Gasteiger partial charge in [-0.2, -0.15) is 10.2 Å². The summed E-state index contributed by atoms with van der Waals surface area (Å²) in [4.78, 5) is 8.26. The quantitative estimate of drug-likeness (QED) is 0.804. The number of benzene rings is 1. The van der Waals surface area contributed by atoms with Crippen LogP contribution < -0.4 is 15.3 Å². The van der Waals surface area contributed by atoms with E-state index in [-0.39, 0.29) is 18.9 Å². The molecule has 4 aliphatic heterocycles. The summed E-state index contributed by atoms with van der Waals surface area (Å²) >= 11 is 0. The molecular weight excluding hydrogens is 349 g/mol. The van der Waals surface area contributed by atoms with E-state index in [2.05, 4.69) is 20.6 Å². The molecule has 6 rings (SSSR count). The van der Waals surface area contributed by atoms with E-state index in [1.807, 2.05) is 40.4 Å². The van der Waals surface area contributed by atoms with Crippen LogP contribution in [0.15, 0.2) is 47.5 Å². The molecule has 0 amide bonds. The number of hydrogen-bond donors (Lipinski definition) is 1. The minimum atomic E-state index is -0.257. The zero-order valence-electron chi connectivity index (χ0n) is 14.5. The summed E-state index contributed by atoms with van der Waals surface area (Å²) in [5, 5.41) is 16.4. The molecule has 5 heterocycles. The number of hydrogen-bond acceptors (Lipinski definition) is 8. The van der Waals surface area contributed by atoms with Crippen molar-refractivity contribution in [3.8, 4) is 0 Å². The molecule has 2 atom stereocenters. The van der Waals surface area contributed by atoms with Crippen LogP contribution in [0.1, 0.15) is 36.3 Å². The minimum absolute atomic E-state index is 0.151. The molecule has 0 saturated carbocycles. The van der Waals surface area contributed by atoms with Crippen molar-refractivity contribution in [2.75, 3.05) is 23.2 Å². The van der Waals surface area contributed by atoms with E-state index in [1.165, 1.54) is 6.20 Å². The Hall–Kier alpha value is -3.14. The summed E-state index contributed by atoms with van der Waals surface area (Å²) in [6.07, 6.45) is 7.05. The molecule has 1 saturated heterocycles. The monoisotopic (exact) mass is 367 g/mol. The van der Waals surface area contributed by atoms with Crippen molar-refractivity contribution in [1.82, 2.24) is 30.6 Å². The second-order valence-electron chi connectivity index (χ2n) is 7.03. The first-order valence-corrected chi connectivity index (χ1v) is 9.08. The van der Waals surface area contributed by atoms with E-state index in [0.717, 1.165) is 42.2 Å². The van der Waals surface area contributed by atoms with Crippen LogP contribution in [0, 0.1) is 0 Å². The average molecular weight is 367 g/mol. The van der Waals surface area contributed by atoms with Crippen molar-refractivity contribution in [3.05, 3.63) is 53.7 Å². The summed E-state index contributed by atoms with van der Waals surface area (Å²) in [6, 6.07) is 8.20. The van der Waals surface area contributed by atoms with Gasteiger partial charge in [0.25, 0.3) is 0 Å². The maximum absolute atomic E-state index is 14.1.